The quantitative estimate of drug-likeness (QED) is 0.554. The van der Waals surface area contributed by atoms with Gasteiger partial charge in [-0.2, -0.15) is 5.10 Å². The fraction of sp³-hybridized carbons (Fsp3) is 0.143. The SMILES string of the molecule is Cc1cccc(-n2c(C)cc(/C=N\NC(=O)c3ccccc3F)c2C)c1. The molecule has 1 N–H and O–H groups in total. The van der Waals surface area contributed by atoms with Gasteiger partial charge in [-0.25, -0.2) is 9.82 Å². The third kappa shape index (κ3) is 3.57. The number of hydrogen-bond donors (Lipinski definition) is 1. The number of aromatic nitrogens is 1. The molecule has 0 saturated carbocycles. The molecule has 3 rings (SSSR count). The molecule has 0 bridgehead atoms. The number of amides is 1. The maximum atomic E-state index is 13.6. The molecule has 0 spiro atoms. The third-order valence-corrected chi connectivity index (χ3v) is 4.22. The summed E-state index contributed by atoms with van der Waals surface area (Å²) >= 11 is 0. The van der Waals surface area contributed by atoms with Crippen molar-refractivity contribution in [2.45, 2.75) is 20.8 Å². The van der Waals surface area contributed by atoms with Crippen molar-refractivity contribution < 1.29 is 9.18 Å². The lowest BCUT2D eigenvalue weighted by molar-refractivity contribution is 0.0951. The van der Waals surface area contributed by atoms with E-state index in [2.05, 4.69) is 34.2 Å². The fourth-order valence-corrected chi connectivity index (χ4v) is 2.95. The van der Waals surface area contributed by atoms with Crippen LogP contribution in [0.2, 0.25) is 0 Å². The Hall–Kier alpha value is -3.21. The Kier molecular flexibility index (Phi) is 4.98. The predicted molar refractivity (Wildman–Crippen MR) is 101 cm³/mol. The number of halogens is 1. The van der Waals surface area contributed by atoms with Crippen molar-refractivity contribution in [2.24, 2.45) is 5.10 Å². The van der Waals surface area contributed by atoms with Gasteiger partial charge >= 0.3 is 0 Å². The standard InChI is InChI=1S/C21H20FN3O/c1-14-7-6-8-18(11-14)25-15(2)12-17(16(25)3)13-23-24-21(26)19-9-4-5-10-20(19)22/h4-13H,1-3H3,(H,24,26)/b23-13-. The summed E-state index contributed by atoms with van der Waals surface area (Å²) in [6, 6.07) is 16.0. The van der Waals surface area contributed by atoms with Crippen LogP contribution in [-0.4, -0.2) is 16.7 Å². The summed E-state index contributed by atoms with van der Waals surface area (Å²) in [4.78, 5) is 12.0. The van der Waals surface area contributed by atoms with Gasteiger partial charge < -0.3 is 4.57 Å². The lowest BCUT2D eigenvalue weighted by Crippen LogP contribution is -2.18. The summed E-state index contributed by atoms with van der Waals surface area (Å²) in [5, 5.41) is 3.98. The van der Waals surface area contributed by atoms with Crippen LogP contribution >= 0.6 is 0 Å². The summed E-state index contributed by atoms with van der Waals surface area (Å²) in [6.07, 6.45) is 1.58. The highest BCUT2D eigenvalue weighted by Gasteiger charge is 2.11. The Morgan fingerprint density at radius 2 is 1.85 bits per heavy atom. The molecule has 0 aliphatic carbocycles. The highest BCUT2D eigenvalue weighted by molar-refractivity contribution is 5.95. The molecule has 0 aliphatic rings. The first-order valence-electron chi connectivity index (χ1n) is 8.31. The fourth-order valence-electron chi connectivity index (χ4n) is 2.95. The molecule has 0 atom stereocenters. The maximum Gasteiger partial charge on any atom is 0.274 e. The van der Waals surface area contributed by atoms with Crippen LogP contribution in [0, 0.1) is 26.6 Å². The molecule has 1 heterocycles. The van der Waals surface area contributed by atoms with Gasteiger partial charge in [0.15, 0.2) is 0 Å². The van der Waals surface area contributed by atoms with E-state index in [0.29, 0.717) is 0 Å². The predicted octanol–water partition coefficient (Wildman–Crippen LogP) is 4.31. The van der Waals surface area contributed by atoms with Gasteiger partial charge in [-0.05, 0) is 56.7 Å². The van der Waals surface area contributed by atoms with Crippen molar-refractivity contribution in [3.8, 4) is 5.69 Å². The lowest BCUT2D eigenvalue weighted by atomic mass is 10.2. The maximum absolute atomic E-state index is 13.6. The van der Waals surface area contributed by atoms with Crippen LogP contribution in [-0.2, 0) is 0 Å². The summed E-state index contributed by atoms with van der Waals surface area (Å²) < 4.78 is 15.7. The van der Waals surface area contributed by atoms with Crippen molar-refractivity contribution >= 4 is 12.1 Å². The van der Waals surface area contributed by atoms with Gasteiger partial charge in [0.1, 0.15) is 5.82 Å². The van der Waals surface area contributed by atoms with Crippen LogP contribution < -0.4 is 5.43 Å². The largest absolute Gasteiger partial charge is 0.318 e. The lowest BCUT2D eigenvalue weighted by Gasteiger charge is -2.10. The second-order valence-corrected chi connectivity index (χ2v) is 6.18. The molecule has 0 fully saturated rings. The summed E-state index contributed by atoms with van der Waals surface area (Å²) in [6.45, 7) is 6.07. The molecule has 1 aromatic heterocycles. The monoisotopic (exact) mass is 349 g/mol. The molecule has 4 nitrogen and oxygen atoms in total. The van der Waals surface area contributed by atoms with E-state index < -0.39 is 11.7 Å². The topological polar surface area (TPSA) is 46.4 Å². The normalized spacial score (nSPS) is 11.1. The highest BCUT2D eigenvalue weighted by atomic mass is 19.1. The Labute approximate surface area is 152 Å². The number of aryl methyl sites for hydroxylation is 2. The molecule has 26 heavy (non-hydrogen) atoms. The van der Waals surface area contributed by atoms with E-state index in [1.165, 1.54) is 23.8 Å². The molecule has 0 radical (unpaired) electrons. The minimum Gasteiger partial charge on any atom is -0.318 e. The van der Waals surface area contributed by atoms with Crippen molar-refractivity contribution in [1.29, 1.82) is 0 Å². The first-order chi connectivity index (χ1) is 12.5. The second kappa shape index (κ2) is 7.35. The molecule has 132 valence electrons. The molecule has 0 unspecified atom stereocenters. The number of nitrogens with zero attached hydrogens (tertiary/aromatic N) is 2. The first-order valence-corrected chi connectivity index (χ1v) is 8.31. The van der Waals surface area contributed by atoms with Gasteiger partial charge in [0.05, 0.1) is 11.8 Å². The molecule has 0 aliphatic heterocycles. The number of benzene rings is 2. The molecule has 3 aromatic rings. The van der Waals surface area contributed by atoms with E-state index in [1.54, 1.807) is 12.3 Å². The number of carbonyl (C=O) groups is 1. The Morgan fingerprint density at radius 1 is 1.08 bits per heavy atom. The molecular weight excluding hydrogens is 329 g/mol. The summed E-state index contributed by atoms with van der Waals surface area (Å²) in [5.41, 5.74) is 7.57. The van der Waals surface area contributed by atoms with Crippen LogP contribution in [0.15, 0.2) is 59.7 Å². The number of hydrogen-bond acceptors (Lipinski definition) is 2. The van der Waals surface area contributed by atoms with Gasteiger partial charge in [0, 0.05) is 22.6 Å². The Bertz CT molecular complexity index is 989. The van der Waals surface area contributed by atoms with Gasteiger partial charge in [-0.3, -0.25) is 4.79 Å². The zero-order valence-electron chi connectivity index (χ0n) is 15.0. The molecule has 2 aromatic carbocycles. The van der Waals surface area contributed by atoms with Crippen molar-refractivity contribution in [2.75, 3.05) is 0 Å². The Morgan fingerprint density at radius 3 is 2.58 bits per heavy atom. The summed E-state index contributed by atoms with van der Waals surface area (Å²) in [5.74, 6) is -1.15. The number of carbonyl (C=O) groups excluding carboxylic acids is 1. The molecule has 1 amide bonds. The van der Waals surface area contributed by atoms with Crippen LogP contribution in [0.1, 0.15) is 32.9 Å². The van der Waals surface area contributed by atoms with E-state index in [9.17, 15) is 9.18 Å². The van der Waals surface area contributed by atoms with E-state index in [1.807, 2.05) is 32.0 Å². The second-order valence-electron chi connectivity index (χ2n) is 6.18. The van der Waals surface area contributed by atoms with Crippen molar-refractivity contribution in [3.63, 3.8) is 0 Å². The van der Waals surface area contributed by atoms with Crippen LogP contribution in [0.25, 0.3) is 5.69 Å². The van der Waals surface area contributed by atoms with Crippen molar-refractivity contribution in [1.82, 2.24) is 9.99 Å². The molecule has 5 heteroatoms. The van der Waals surface area contributed by atoms with E-state index >= 15 is 0 Å². The van der Waals surface area contributed by atoms with Crippen molar-refractivity contribution in [3.05, 3.63) is 88.5 Å². The van der Waals surface area contributed by atoms with E-state index in [4.69, 9.17) is 0 Å². The first kappa shape index (κ1) is 17.6. The Balaban J connectivity index is 1.81. The summed E-state index contributed by atoms with van der Waals surface area (Å²) in [7, 11) is 0. The van der Waals surface area contributed by atoms with Gasteiger partial charge in [-0.15, -0.1) is 0 Å². The number of nitrogens with one attached hydrogen (secondary N) is 1. The molecular formula is C21H20FN3O. The molecule has 0 saturated heterocycles. The van der Waals surface area contributed by atoms with Crippen LogP contribution in [0.3, 0.4) is 0 Å². The van der Waals surface area contributed by atoms with E-state index in [-0.39, 0.29) is 5.56 Å². The zero-order valence-corrected chi connectivity index (χ0v) is 15.0. The van der Waals surface area contributed by atoms with Crippen LogP contribution in [0.5, 0.6) is 0 Å². The van der Waals surface area contributed by atoms with Gasteiger partial charge in [0.25, 0.3) is 5.91 Å². The average molecular weight is 349 g/mol. The zero-order chi connectivity index (χ0) is 18.7. The number of rotatable bonds is 4. The smallest absolute Gasteiger partial charge is 0.274 e. The average Bonchev–Trinajstić information content (AvgIpc) is 2.89. The van der Waals surface area contributed by atoms with Crippen LogP contribution in [0.4, 0.5) is 4.39 Å². The minimum atomic E-state index is -0.577. The minimum absolute atomic E-state index is 0.0325. The van der Waals surface area contributed by atoms with Gasteiger partial charge in [-0.1, -0.05) is 24.3 Å². The highest BCUT2D eigenvalue weighted by Crippen LogP contribution is 2.20. The van der Waals surface area contributed by atoms with E-state index in [0.717, 1.165) is 22.6 Å². The number of hydrazone groups is 1. The van der Waals surface area contributed by atoms with Gasteiger partial charge in [0.2, 0.25) is 0 Å². The third-order valence-electron chi connectivity index (χ3n) is 4.22.